The summed E-state index contributed by atoms with van der Waals surface area (Å²) in [5.74, 6) is 1.73. The number of hydrogen-bond acceptors (Lipinski definition) is 3. The smallest absolute Gasteiger partial charge is 0.220 e. The lowest BCUT2D eigenvalue weighted by molar-refractivity contribution is -0.121. The van der Waals surface area contributed by atoms with E-state index >= 15 is 0 Å². The van der Waals surface area contributed by atoms with Crippen molar-refractivity contribution >= 4 is 5.91 Å². The van der Waals surface area contributed by atoms with Crippen LogP contribution >= 0.6 is 0 Å². The molecule has 0 unspecified atom stereocenters. The zero-order valence-electron chi connectivity index (χ0n) is 17.3. The number of nitrogens with zero attached hydrogens (tertiary/aromatic N) is 2. The molecule has 146 valence electrons. The highest BCUT2D eigenvalue weighted by Gasteiger charge is 2.20. The predicted octanol–water partition coefficient (Wildman–Crippen LogP) is 3.54. The van der Waals surface area contributed by atoms with Crippen LogP contribution in [0.15, 0.2) is 11.6 Å². The Labute approximate surface area is 156 Å². The van der Waals surface area contributed by atoms with Crippen molar-refractivity contribution in [2.24, 2.45) is 11.8 Å². The lowest BCUT2D eigenvalue weighted by Crippen LogP contribution is -2.37. The van der Waals surface area contributed by atoms with Crippen LogP contribution < -0.4 is 5.32 Å². The number of allylic oxidation sites excluding steroid dienone is 2. The maximum absolute atomic E-state index is 11.9. The van der Waals surface area contributed by atoms with Crippen LogP contribution in [0.25, 0.3) is 0 Å². The molecule has 0 spiro atoms. The molecule has 1 atom stereocenters. The average molecular weight is 352 g/mol. The second-order valence-corrected chi connectivity index (χ2v) is 8.40. The Kier molecular flexibility index (Phi) is 11.1. The number of carbonyl (C=O) groups is 1. The summed E-state index contributed by atoms with van der Waals surface area (Å²) in [6.07, 6.45) is 9.11. The summed E-state index contributed by atoms with van der Waals surface area (Å²) < 4.78 is 0. The van der Waals surface area contributed by atoms with Crippen LogP contribution in [0.1, 0.15) is 59.3 Å². The molecule has 1 saturated heterocycles. The topological polar surface area (TPSA) is 35.6 Å². The molecule has 0 aliphatic carbocycles. The number of hydrogen-bond donors (Lipinski definition) is 1. The van der Waals surface area contributed by atoms with Crippen molar-refractivity contribution in [2.75, 3.05) is 46.8 Å². The summed E-state index contributed by atoms with van der Waals surface area (Å²) in [6, 6.07) is 0. The Bertz CT molecular complexity index is 394. The summed E-state index contributed by atoms with van der Waals surface area (Å²) in [7, 11) is 4.06. The highest BCUT2D eigenvalue weighted by molar-refractivity contribution is 5.75. The third-order valence-corrected chi connectivity index (χ3v) is 5.15. The fourth-order valence-corrected chi connectivity index (χ4v) is 3.49. The summed E-state index contributed by atoms with van der Waals surface area (Å²) in [6.45, 7) is 12.1. The van der Waals surface area contributed by atoms with Gasteiger partial charge < -0.3 is 15.1 Å². The monoisotopic (exact) mass is 351 g/mol. The molecule has 0 aromatic carbocycles. The third kappa shape index (κ3) is 11.4. The standard InChI is InChI=1S/C21H41N3O/c1-18(2)7-6-8-19(3)17-24-14-11-20(12-15-24)9-10-21(25)22-13-16-23(4)5/h7,19-20H,6,8-17H2,1-5H3,(H,22,25)/t19-/m0/s1. The molecule has 4 heteroatoms. The van der Waals surface area contributed by atoms with E-state index in [-0.39, 0.29) is 5.91 Å². The molecular weight excluding hydrogens is 310 g/mol. The van der Waals surface area contributed by atoms with E-state index in [0.717, 1.165) is 31.3 Å². The van der Waals surface area contributed by atoms with Crippen molar-refractivity contribution in [1.29, 1.82) is 0 Å². The summed E-state index contributed by atoms with van der Waals surface area (Å²) >= 11 is 0. The van der Waals surface area contributed by atoms with Crippen molar-refractivity contribution in [1.82, 2.24) is 15.1 Å². The van der Waals surface area contributed by atoms with Gasteiger partial charge in [-0.05, 0) is 85.0 Å². The molecule has 1 aliphatic rings. The molecule has 1 N–H and O–H groups in total. The van der Waals surface area contributed by atoms with Gasteiger partial charge in [-0.15, -0.1) is 0 Å². The largest absolute Gasteiger partial charge is 0.355 e. The SMILES string of the molecule is CC(C)=CCC[C@H](C)CN1CCC(CCC(=O)NCCN(C)C)CC1. The second-order valence-electron chi connectivity index (χ2n) is 8.40. The molecular formula is C21H41N3O. The van der Waals surface area contributed by atoms with E-state index in [2.05, 4.69) is 42.0 Å². The van der Waals surface area contributed by atoms with Crippen LogP contribution in [-0.2, 0) is 4.79 Å². The maximum atomic E-state index is 11.9. The minimum atomic E-state index is 0.220. The van der Waals surface area contributed by atoms with Gasteiger partial charge in [-0.2, -0.15) is 0 Å². The van der Waals surface area contributed by atoms with Gasteiger partial charge in [0.25, 0.3) is 0 Å². The van der Waals surface area contributed by atoms with Crippen LogP contribution in [0.5, 0.6) is 0 Å². The minimum Gasteiger partial charge on any atom is -0.355 e. The van der Waals surface area contributed by atoms with Crippen molar-refractivity contribution < 1.29 is 4.79 Å². The van der Waals surface area contributed by atoms with E-state index in [4.69, 9.17) is 0 Å². The van der Waals surface area contributed by atoms with E-state index in [0.29, 0.717) is 6.42 Å². The van der Waals surface area contributed by atoms with Gasteiger partial charge in [-0.3, -0.25) is 4.79 Å². The van der Waals surface area contributed by atoms with Crippen LogP contribution in [0.4, 0.5) is 0 Å². The van der Waals surface area contributed by atoms with Crippen LogP contribution in [0.3, 0.4) is 0 Å². The molecule has 0 aromatic rings. The molecule has 1 amide bonds. The summed E-state index contributed by atoms with van der Waals surface area (Å²) in [5.41, 5.74) is 1.43. The van der Waals surface area contributed by atoms with Crippen molar-refractivity contribution in [3.8, 4) is 0 Å². The molecule has 0 bridgehead atoms. The van der Waals surface area contributed by atoms with E-state index in [9.17, 15) is 4.79 Å². The molecule has 1 rings (SSSR count). The highest BCUT2D eigenvalue weighted by Crippen LogP contribution is 2.23. The average Bonchev–Trinajstić information content (AvgIpc) is 2.53. The third-order valence-electron chi connectivity index (χ3n) is 5.15. The van der Waals surface area contributed by atoms with Crippen LogP contribution in [-0.4, -0.2) is 62.5 Å². The van der Waals surface area contributed by atoms with Gasteiger partial charge in [0.15, 0.2) is 0 Å². The molecule has 0 radical (unpaired) electrons. The number of nitrogens with one attached hydrogen (secondary N) is 1. The zero-order chi connectivity index (χ0) is 18.7. The van der Waals surface area contributed by atoms with E-state index < -0.39 is 0 Å². The quantitative estimate of drug-likeness (QED) is 0.578. The lowest BCUT2D eigenvalue weighted by atomic mass is 9.91. The molecule has 1 heterocycles. The van der Waals surface area contributed by atoms with Gasteiger partial charge in [-0.1, -0.05) is 18.6 Å². The fourth-order valence-electron chi connectivity index (χ4n) is 3.49. The lowest BCUT2D eigenvalue weighted by Gasteiger charge is -2.33. The minimum absolute atomic E-state index is 0.220. The van der Waals surface area contributed by atoms with Crippen molar-refractivity contribution in [2.45, 2.75) is 59.3 Å². The Morgan fingerprint density at radius 1 is 1.28 bits per heavy atom. The first-order chi connectivity index (χ1) is 11.9. The first kappa shape index (κ1) is 22.2. The van der Waals surface area contributed by atoms with Gasteiger partial charge in [0.05, 0.1) is 0 Å². The zero-order valence-corrected chi connectivity index (χ0v) is 17.3. The first-order valence-electron chi connectivity index (χ1n) is 10.1. The number of carbonyl (C=O) groups excluding carboxylic acids is 1. The van der Waals surface area contributed by atoms with Gasteiger partial charge >= 0.3 is 0 Å². The van der Waals surface area contributed by atoms with Crippen molar-refractivity contribution in [3.05, 3.63) is 11.6 Å². The fraction of sp³-hybridized carbons (Fsp3) is 0.857. The first-order valence-corrected chi connectivity index (χ1v) is 10.1. The van der Waals surface area contributed by atoms with Gasteiger partial charge in [0, 0.05) is 26.1 Å². The number of likely N-dealkylation sites (N-methyl/N-ethyl adjacent to an activating group) is 1. The molecule has 0 aromatic heterocycles. The van der Waals surface area contributed by atoms with Crippen molar-refractivity contribution in [3.63, 3.8) is 0 Å². The Morgan fingerprint density at radius 3 is 2.56 bits per heavy atom. The highest BCUT2D eigenvalue weighted by atomic mass is 16.1. The molecule has 1 aliphatic heterocycles. The van der Waals surface area contributed by atoms with Gasteiger partial charge in [-0.25, -0.2) is 0 Å². The molecule has 1 fully saturated rings. The molecule has 4 nitrogen and oxygen atoms in total. The predicted molar refractivity (Wildman–Crippen MR) is 108 cm³/mol. The van der Waals surface area contributed by atoms with Gasteiger partial charge in [0.1, 0.15) is 0 Å². The second kappa shape index (κ2) is 12.5. The van der Waals surface area contributed by atoms with E-state index in [1.165, 1.54) is 50.9 Å². The summed E-state index contributed by atoms with van der Waals surface area (Å²) in [4.78, 5) is 16.6. The molecule has 25 heavy (non-hydrogen) atoms. The number of rotatable bonds is 11. The Balaban J connectivity index is 2.11. The number of piperidine rings is 1. The summed E-state index contributed by atoms with van der Waals surface area (Å²) in [5, 5.41) is 3.02. The van der Waals surface area contributed by atoms with E-state index in [1.807, 2.05) is 14.1 Å². The number of amides is 1. The van der Waals surface area contributed by atoms with Crippen LogP contribution in [0, 0.1) is 11.8 Å². The normalized spacial score (nSPS) is 17.5. The maximum Gasteiger partial charge on any atom is 0.220 e. The Morgan fingerprint density at radius 2 is 1.96 bits per heavy atom. The van der Waals surface area contributed by atoms with Gasteiger partial charge in [0.2, 0.25) is 5.91 Å². The molecule has 0 saturated carbocycles. The number of likely N-dealkylation sites (tertiary alicyclic amines) is 1. The van der Waals surface area contributed by atoms with E-state index in [1.54, 1.807) is 0 Å². The Hall–Kier alpha value is -0.870. The van der Waals surface area contributed by atoms with Crippen LogP contribution in [0.2, 0.25) is 0 Å².